The van der Waals surface area contributed by atoms with Gasteiger partial charge in [-0.15, -0.1) is 0 Å². The summed E-state index contributed by atoms with van der Waals surface area (Å²) in [5, 5.41) is 15.6. The van der Waals surface area contributed by atoms with E-state index in [1.54, 1.807) is 55.5 Å². The largest absolute Gasteiger partial charge is 0.402 e. The molecule has 4 aromatic rings. The minimum atomic E-state index is -4.11. The Balaban J connectivity index is 1.88. The van der Waals surface area contributed by atoms with Crippen LogP contribution in [-0.2, 0) is 9.84 Å². The number of aryl methyl sites for hydroxylation is 2. The van der Waals surface area contributed by atoms with Crippen LogP contribution < -0.4 is 4.74 Å². The lowest BCUT2D eigenvalue weighted by Crippen LogP contribution is -2.15. The third-order valence-electron chi connectivity index (χ3n) is 5.12. The van der Waals surface area contributed by atoms with Crippen LogP contribution >= 0.6 is 0 Å². The highest BCUT2D eigenvalue weighted by Gasteiger charge is 2.32. The molecular weight excluding hydrogens is 458 g/mol. The number of ether oxygens (including phenoxy) is 1. The maximum atomic E-state index is 13.5. The zero-order valence-electron chi connectivity index (χ0n) is 18.2. The standard InChI is InChI=1S/C24H19N3O6S/c1-16-13-14-18(15-21(16)27(29)30)24(28)33-23-22(34(31,32)20-11-7-4-8-12-20)17(2)25-26(23)19-9-5-3-6-10-19/h3-15H,1-2H3. The van der Waals surface area contributed by atoms with Gasteiger partial charge in [0.05, 0.1) is 26.8 Å². The number of para-hydroxylation sites is 1. The van der Waals surface area contributed by atoms with Crippen LogP contribution in [0.3, 0.4) is 0 Å². The fraction of sp³-hybridized carbons (Fsp3) is 0.0833. The summed E-state index contributed by atoms with van der Waals surface area (Å²) < 4.78 is 33.8. The molecule has 34 heavy (non-hydrogen) atoms. The van der Waals surface area contributed by atoms with Crippen LogP contribution in [-0.4, -0.2) is 29.1 Å². The van der Waals surface area contributed by atoms with E-state index < -0.39 is 20.7 Å². The lowest BCUT2D eigenvalue weighted by atomic mass is 10.1. The van der Waals surface area contributed by atoms with Gasteiger partial charge in [0, 0.05) is 11.6 Å². The Labute approximate surface area is 195 Å². The number of nitro groups is 1. The van der Waals surface area contributed by atoms with Gasteiger partial charge < -0.3 is 4.74 Å². The van der Waals surface area contributed by atoms with Crippen LogP contribution in [0, 0.1) is 24.0 Å². The van der Waals surface area contributed by atoms with Gasteiger partial charge in [-0.2, -0.15) is 9.78 Å². The lowest BCUT2D eigenvalue weighted by Gasteiger charge is -2.11. The molecule has 0 atom stereocenters. The molecule has 0 aliphatic heterocycles. The van der Waals surface area contributed by atoms with E-state index in [2.05, 4.69) is 5.10 Å². The van der Waals surface area contributed by atoms with Crippen LogP contribution in [0.15, 0.2) is 88.7 Å². The van der Waals surface area contributed by atoms with E-state index in [4.69, 9.17) is 4.74 Å². The molecule has 0 fully saturated rings. The minimum absolute atomic E-state index is 0.00832. The van der Waals surface area contributed by atoms with Crippen molar-refractivity contribution in [2.45, 2.75) is 23.6 Å². The molecule has 0 saturated carbocycles. The molecule has 172 valence electrons. The van der Waals surface area contributed by atoms with Gasteiger partial charge in [0.2, 0.25) is 15.7 Å². The summed E-state index contributed by atoms with van der Waals surface area (Å²) in [6, 6.07) is 20.2. The highest BCUT2D eigenvalue weighted by atomic mass is 32.2. The molecule has 0 saturated heterocycles. The number of hydrogen-bond donors (Lipinski definition) is 0. The smallest absolute Gasteiger partial charge is 0.345 e. The third-order valence-corrected chi connectivity index (χ3v) is 7.02. The predicted octanol–water partition coefficient (Wildman–Crippen LogP) is 4.45. The number of carbonyl (C=O) groups is 1. The van der Waals surface area contributed by atoms with Crippen molar-refractivity contribution in [2.24, 2.45) is 0 Å². The Hall–Kier alpha value is -4.31. The number of hydrogen-bond acceptors (Lipinski definition) is 7. The topological polar surface area (TPSA) is 121 Å². The number of carbonyl (C=O) groups excluding carboxylic acids is 1. The first-order chi connectivity index (χ1) is 16.2. The number of sulfone groups is 1. The number of benzene rings is 3. The van der Waals surface area contributed by atoms with Gasteiger partial charge in [-0.1, -0.05) is 42.5 Å². The molecule has 10 heteroatoms. The van der Waals surface area contributed by atoms with E-state index in [0.717, 1.165) is 6.07 Å². The second-order valence-corrected chi connectivity index (χ2v) is 9.32. The van der Waals surface area contributed by atoms with Crippen LogP contribution in [0.2, 0.25) is 0 Å². The van der Waals surface area contributed by atoms with E-state index in [1.807, 2.05) is 0 Å². The minimum Gasteiger partial charge on any atom is -0.402 e. The van der Waals surface area contributed by atoms with Gasteiger partial charge in [-0.05, 0) is 44.2 Å². The molecule has 0 N–H and O–H groups in total. The van der Waals surface area contributed by atoms with Gasteiger partial charge in [-0.3, -0.25) is 10.1 Å². The quantitative estimate of drug-likeness (QED) is 0.228. The van der Waals surface area contributed by atoms with Crippen molar-refractivity contribution < 1.29 is 22.9 Å². The first kappa shape index (κ1) is 22.9. The van der Waals surface area contributed by atoms with Gasteiger partial charge in [0.15, 0.2) is 4.90 Å². The number of esters is 1. The molecule has 4 rings (SSSR count). The van der Waals surface area contributed by atoms with Crippen molar-refractivity contribution in [2.75, 3.05) is 0 Å². The van der Waals surface area contributed by atoms with E-state index in [0.29, 0.717) is 11.3 Å². The highest BCUT2D eigenvalue weighted by Crippen LogP contribution is 2.35. The van der Waals surface area contributed by atoms with Crippen molar-refractivity contribution in [1.29, 1.82) is 0 Å². The Kier molecular flexibility index (Phi) is 5.99. The molecule has 1 aromatic heterocycles. The zero-order chi connectivity index (χ0) is 24.5. The normalized spacial score (nSPS) is 11.2. The molecule has 0 spiro atoms. The van der Waals surface area contributed by atoms with E-state index >= 15 is 0 Å². The second-order valence-electron chi connectivity index (χ2n) is 7.43. The average molecular weight is 477 g/mol. The summed E-state index contributed by atoms with van der Waals surface area (Å²) in [4.78, 5) is 23.5. The molecular formula is C24H19N3O6S. The van der Waals surface area contributed by atoms with Crippen molar-refractivity contribution >= 4 is 21.5 Å². The first-order valence-electron chi connectivity index (χ1n) is 10.1. The Morgan fingerprint density at radius 2 is 1.59 bits per heavy atom. The molecule has 0 aliphatic rings. The SMILES string of the molecule is Cc1ccc(C(=O)Oc2c(S(=O)(=O)c3ccccc3)c(C)nn2-c2ccccc2)cc1[N+](=O)[O-]. The fourth-order valence-corrected chi connectivity index (χ4v) is 4.97. The highest BCUT2D eigenvalue weighted by molar-refractivity contribution is 7.91. The monoisotopic (exact) mass is 477 g/mol. The summed E-state index contributed by atoms with van der Waals surface area (Å²) in [5.41, 5.74) is 0.625. The molecule has 0 aliphatic carbocycles. The van der Waals surface area contributed by atoms with Crippen LogP contribution in [0.1, 0.15) is 21.6 Å². The van der Waals surface area contributed by atoms with Crippen LogP contribution in [0.25, 0.3) is 5.69 Å². The molecule has 9 nitrogen and oxygen atoms in total. The van der Waals surface area contributed by atoms with Crippen molar-refractivity contribution in [3.05, 3.63) is 106 Å². The van der Waals surface area contributed by atoms with E-state index in [9.17, 15) is 23.3 Å². The molecule has 0 amide bonds. The van der Waals surface area contributed by atoms with E-state index in [-0.39, 0.29) is 32.6 Å². The second kappa shape index (κ2) is 8.91. The molecule has 0 radical (unpaired) electrons. The molecule has 0 unspecified atom stereocenters. The van der Waals surface area contributed by atoms with Gasteiger partial charge in [-0.25, -0.2) is 13.2 Å². The summed E-state index contributed by atoms with van der Waals surface area (Å²) in [6.45, 7) is 3.05. The predicted molar refractivity (Wildman–Crippen MR) is 123 cm³/mol. The Morgan fingerprint density at radius 1 is 0.971 bits per heavy atom. The van der Waals surface area contributed by atoms with Crippen molar-refractivity contribution in [3.63, 3.8) is 0 Å². The van der Waals surface area contributed by atoms with Gasteiger partial charge in [0.1, 0.15) is 0 Å². The number of nitrogens with zero attached hydrogens (tertiary/aromatic N) is 3. The molecule has 1 heterocycles. The average Bonchev–Trinajstić information content (AvgIpc) is 3.16. The van der Waals surface area contributed by atoms with Crippen LogP contribution in [0.5, 0.6) is 5.88 Å². The summed E-state index contributed by atoms with van der Waals surface area (Å²) in [6.07, 6.45) is 0. The number of aromatic nitrogens is 2. The summed E-state index contributed by atoms with van der Waals surface area (Å²) in [7, 11) is -4.11. The van der Waals surface area contributed by atoms with Gasteiger partial charge >= 0.3 is 5.97 Å². The maximum absolute atomic E-state index is 13.5. The zero-order valence-corrected chi connectivity index (χ0v) is 19.0. The molecule has 3 aromatic carbocycles. The maximum Gasteiger partial charge on any atom is 0.345 e. The first-order valence-corrected chi connectivity index (χ1v) is 11.6. The summed E-state index contributed by atoms with van der Waals surface area (Å²) in [5.74, 6) is -1.26. The fourth-order valence-electron chi connectivity index (χ4n) is 3.43. The Morgan fingerprint density at radius 3 is 2.21 bits per heavy atom. The van der Waals surface area contributed by atoms with Gasteiger partial charge in [0.25, 0.3) is 5.69 Å². The van der Waals surface area contributed by atoms with Crippen molar-refractivity contribution in [3.8, 4) is 11.6 Å². The van der Waals surface area contributed by atoms with Crippen LogP contribution in [0.4, 0.5) is 5.69 Å². The third kappa shape index (κ3) is 4.18. The van der Waals surface area contributed by atoms with E-state index in [1.165, 1.54) is 35.9 Å². The summed E-state index contributed by atoms with van der Waals surface area (Å²) >= 11 is 0. The number of nitro benzene ring substituents is 1. The Bertz CT molecular complexity index is 1500. The molecule has 0 bridgehead atoms. The lowest BCUT2D eigenvalue weighted by molar-refractivity contribution is -0.385. The van der Waals surface area contributed by atoms with Crippen molar-refractivity contribution in [1.82, 2.24) is 9.78 Å². The number of rotatable bonds is 6.